The molecular weight excluding hydrogens is 346 g/mol. The maximum atomic E-state index is 12.1. The number of nitrogens with zero attached hydrogens (tertiary/aromatic N) is 2. The largest absolute Gasteiger partial charge is 0.497 e. The van der Waals surface area contributed by atoms with Crippen molar-refractivity contribution >= 4 is 18.1 Å². The standard InChI is InChI=1S/C20H17N3O4/c1-27-18-10-6-14(7-11-18)19(24)22-21-13-17-3-2-12-23(17)16-8-4-15(5-9-16)20(25)26/h2-13H,1H3,(H,22,24)(H,25,26)/b21-13-. The number of nitrogens with one attached hydrogen (secondary N) is 1. The van der Waals surface area contributed by atoms with Gasteiger partial charge in [-0.05, 0) is 60.7 Å². The zero-order chi connectivity index (χ0) is 19.2. The van der Waals surface area contributed by atoms with Crippen molar-refractivity contribution in [2.24, 2.45) is 5.10 Å². The van der Waals surface area contributed by atoms with Crippen LogP contribution in [0, 0.1) is 0 Å². The molecule has 0 aliphatic carbocycles. The monoisotopic (exact) mass is 363 g/mol. The van der Waals surface area contributed by atoms with Crippen LogP contribution in [0.5, 0.6) is 5.75 Å². The maximum absolute atomic E-state index is 12.1. The second kappa shape index (κ2) is 8.01. The molecule has 0 unspecified atom stereocenters. The Morgan fingerprint density at radius 2 is 1.70 bits per heavy atom. The smallest absolute Gasteiger partial charge is 0.335 e. The Bertz CT molecular complexity index is 973. The molecule has 0 atom stereocenters. The van der Waals surface area contributed by atoms with E-state index in [4.69, 9.17) is 9.84 Å². The van der Waals surface area contributed by atoms with E-state index < -0.39 is 5.97 Å². The van der Waals surface area contributed by atoms with Crippen LogP contribution in [0.25, 0.3) is 5.69 Å². The minimum Gasteiger partial charge on any atom is -0.497 e. The summed E-state index contributed by atoms with van der Waals surface area (Å²) in [5.74, 6) is -0.642. The lowest BCUT2D eigenvalue weighted by Crippen LogP contribution is -2.17. The normalized spacial score (nSPS) is 10.7. The molecular formula is C20H17N3O4. The first-order chi connectivity index (χ1) is 13.1. The summed E-state index contributed by atoms with van der Waals surface area (Å²) in [5, 5.41) is 13.0. The van der Waals surface area contributed by atoms with Crippen LogP contribution in [0.4, 0.5) is 0 Å². The Labute approximate surface area is 155 Å². The van der Waals surface area contributed by atoms with Crippen LogP contribution >= 0.6 is 0 Å². The predicted octanol–water partition coefficient (Wildman–Crippen LogP) is 2.95. The molecule has 1 heterocycles. The summed E-state index contributed by atoms with van der Waals surface area (Å²) in [6.45, 7) is 0. The number of rotatable bonds is 6. The Morgan fingerprint density at radius 3 is 2.33 bits per heavy atom. The van der Waals surface area contributed by atoms with Crippen LogP contribution in [-0.4, -0.2) is 34.9 Å². The molecule has 0 spiro atoms. The molecule has 2 N–H and O–H groups in total. The van der Waals surface area contributed by atoms with Gasteiger partial charge in [0.2, 0.25) is 0 Å². The predicted molar refractivity (Wildman–Crippen MR) is 101 cm³/mol. The number of hydrogen-bond donors (Lipinski definition) is 2. The van der Waals surface area contributed by atoms with Gasteiger partial charge in [-0.2, -0.15) is 5.10 Å². The van der Waals surface area contributed by atoms with E-state index in [0.29, 0.717) is 11.3 Å². The molecule has 0 bridgehead atoms. The number of carboxylic acids is 1. The van der Waals surface area contributed by atoms with Gasteiger partial charge < -0.3 is 14.4 Å². The topological polar surface area (TPSA) is 92.9 Å². The molecule has 0 fully saturated rings. The highest BCUT2D eigenvalue weighted by atomic mass is 16.5. The minimum absolute atomic E-state index is 0.216. The van der Waals surface area contributed by atoms with Gasteiger partial charge in [0, 0.05) is 17.4 Å². The molecule has 136 valence electrons. The number of amides is 1. The number of ether oxygens (including phenoxy) is 1. The number of carboxylic acid groups (broad SMARTS) is 1. The fraction of sp³-hybridized carbons (Fsp3) is 0.0500. The van der Waals surface area contributed by atoms with E-state index in [1.807, 2.05) is 22.9 Å². The van der Waals surface area contributed by atoms with Crippen molar-refractivity contribution in [2.45, 2.75) is 0 Å². The molecule has 0 aliphatic rings. The summed E-state index contributed by atoms with van der Waals surface area (Å²) in [5.41, 5.74) is 4.67. The number of methoxy groups -OCH3 is 1. The molecule has 0 radical (unpaired) electrons. The van der Waals surface area contributed by atoms with Crippen molar-refractivity contribution in [3.63, 3.8) is 0 Å². The second-order valence-electron chi connectivity index (χ2n) is 5.58. The Hall–Kier alpha value is -3.87. The summed E-state index contributed by atoms with van der Waals surface area (Å²) in [6.07, 6.45) is 3.34. The molecule has 0 saturated heterocycles. The number of carbonyl (C=O) groups excluding carboxylic acids is 1. The van der Waals surface area contributed by atoms with Gasteiger partial charge in [0.05, 0.1) is 24.6 Å². The highest BCUT2D eigenvalue weighted by Crippen LogP contribution is 2.13. The van der Waals surface area contributed by atoms with Crippen molar-refractivity contribution in [2.75, 3.05) is 7.11 Å². The van der Waals surface area contributed by atoms with Gasteiger partial charge in [-0.3, -0.25) is 4.79 Å². The van der Waals surface area contributed by atoms with Crippen LogP contribution in [0.1, 0.15) is 26.4 Å². The van der Waals surface area contributed by atoms with Gasteiger partial charge in [-0.15, -0.1) is 0 Å². The van der Waals surface area contributed by atoms with E-state index in [-0.39, 0.29) is 11.5 Å². The number of aromatic carboxylic acids is 1. The molecule has 1 amide bonds. The molecule has 7 nitrogen and oxygen atoms in total. The van der Waals surface area contributed by atoms with Gasteiger partial charge in [0.1, 0.15) is 5.75 Å². The second-order valence-corrected chi connectivity index (χ2v) is 5.58. The van der Waals surface area contributed by atoms with E-state index in [1.54, 1.807) is 43.5 Å². The van der Waals surface area contributed by atoms with Gasteiger partial charge in [-0.25, -0.2) is 10.2 Å². The van der Waals surface area contributed by atoms with Crippen molar-refractivity contribution in [1.82, 2.24) is 9.99 Å². The molecule has 3 rings (SSSR count). The number of carbonyl (C=O) groups is 2. The minimum atomic E-state index is -0.975. The average Bonchev–Trinajstić information content (AvgIpc) is 3.16. The summed E-state index contributed by atoms with van der Waals surface area (Å²) < 4.78 is 6.89. The van der Waals surface area contributed by atoms with E-state index in [2.05, 4.69) is 10.5 Å². The van der Waals surface area contributed by atoms with E-state index in [1.165, 1.54) is 18.3 Å². The van der Waals surface area contributed by atoms with Gasteiger partial charge in [0.25, 0.3) is 5.91 Å². The highest BCUT2D eigenvalue weighted by molar-refractivity contribution is 5.95. The highest BCUT2D eigenvalue weighted by Gasteiger charge is 2.06. The van der Waals surface area contributed by atoms with Crippen LogP contribution in [0.3, 0.4) is 0 Å². The SMILES string of the molecule is COc1ccc(C(=O)N/N=C\c2cccn2-c2ccc(C(=O)O)cc2)cc1. The lowest BCUT2D eigenvalue weighted by molar-refractivity contribution is 0.0696. The Morgan fingerprint density at radius 1 is 1.04 bits per heavy atom. The maximum Gasteiger partial charge on any atom is 0.335 e. The lowest BCUT2D eigenvalue weighted by atomic mass is 10.2. The third-order valence-corrected chi connectivity index (χ3v) is 3.89. The van der Waals surface area contributed by atoms with Crippen LogP contribution in [0.2, 0.25) is 0 Å². The molecule has 0 saturated carbocycles. The zero-order valence-electron chi connectivity index (χ0n) is 14.5. The Balaban J connectivity index is 1.70. The zero-order valence-corrected chi connectivity index (χ0v) is 14.5. The van der Waals surface area contributed by atoms with Crippen LogP contribution < -0.4 is 10.2 Å². The number of hydrogen-bond acceptors (Lipinski definition) is 4. The quantitative estimate of drug-likeness (QED) is 0.520. The van der Waals surface area contributed by atoms with Crippen molar-refractivity contribution in [3.05, 3.63) is 83.7 Å². The van der Waals surface area contributed by atoms with E-state index in [0.717, 1.165) is 11.4 Å². The number of aromatic nitrogens is 1. The van der Waals surface area contributed by atoms with Crippen molar-refractivity contribution < 1.29 is 19.4 Å². The molecule has 2 aromatic carbocycles. The first-order valence-electron chi connectivity index (χ1n) is 8.07. The number of benzene rings is 2. The summed E-state index contributed by atoms with van der Waals surface area (Å²) in [4.78, 5) is 23.0. The van der Waals surface area contributed by atoms with E-state index in [9.17, 15) is 9.59 Å². The third kappa shape index (κ3) is 4.21. The van der Waals surface area contributed by atoms with Gasteiger partial charge in [0.15, 0.2) is 0 Å². The fourth-order valence-electron chi connectivity index (χ4n) is 2.46. The Kier molecular flexibility index (Phi) is 5.32. The molecule has 7 heteroatoms. The van der Waals surface area contributed by atoms with Gasteiger partial charge >= 0.3 is 5.97 Å². The molecule has 3 aromatic rings. The molecule has 1 aromatic heterocycles. The average molecular weight is 363 g/mol. The van der Waals surface area contributed by atoms with Crippen molar-refractivity contribution in [3.8, 4) is 11.4 Å². The third-order valence-electron chi connectivity index (χ3n) is 3.89. The molecule has 27 heavy (non-hydrogen) atoms. The first-order valence-corrected chi connectivity index (χ1v) is 8.07. The van der Waals surface area contributed by atoms with Crippen LogP contribution in [0.15, 0.2) is 72.0 Å². The molecule has 0 aliphatic heterocycles. The lowest BCUT2D eigenvalue weighted by Gasteiger charge is -2.07. The van der Waals surface area contributed by atoms with Crippen molar-refractivity contribution in [1.29, 1.82) is 0 Å². The van der Waals surface area contributed by atoms with E-state index >= 15 is 0 Å². The summed E-state index contributed by atoms with van der Waals surface area (Å²) >= 11 is 0. The number of hydrazone groups is 1. The summed E-state index contributed by atoms with van der Waals surface area (Å²) in [6, 6.07) is 16.8. The summed E-state index contributed by atoms with van der Waals surface area (Å²) in [7, 11) is 1.56. The first kappa shape index (κ1) is 17.9. The van der Waals surface area contributed by atoms with Crippen LogP contribution in [-0.2, 0) is 0 Å². The van der Waals surface area contributed by atoms with Gasteiger partial charge in [-0.1, -0.05) is 0 Å². The fourth-order valence-corrected chi connectivity index (χ4v) is 2.46.